The molecule has 0 heterocycles. The summed E-state index contributed by atoms with van der Waals surface area (Å²) in [6.07, 6.45) is 2.40. The van der Waals surface area contributed by atoms with Gasteiger partial charge in [0.05, 0.1) is 0 Å². The van der Waals surface area contributed by atoms with Crippen molar-refractivity contribution >= 4 is 23.7 Å². The molecule has 0 aromatic rings. The summed E-state index contributed by atoms with van der Waals surface area (Å²) < 4.78 is 4.39. The molecule has 0 amide bonds. The van der Waals surface area contributed by atoms with Crippen LogP contribution >= 0.6 is 11.8 Å². The van der Waals surface area contributed by atoms with E-state index in [1.807, 2.05) is 6.26 Å². The van der Waals surface area contributed by atoms with E-state index in [-0.39, 0.29) is 0 Å². The summed E-state index contributed by atoms with van der Waals surface area (Å²) in [5.41, 5.74) is 5.41. The maximum Gasteiger partial charge on any atom is 0.341 e. The van der Waals surface area contributed by atoms with Gasteiger partial charge in [0, 0.05) is 0 Å². The lowest BCUT2D eigenvalue weighted by Crippen LogP contribution is -2.33. The number of rotatable bonds is 6. The Bertz CT molecular complexity index is 185. The van der Waals surface area contributed by atoms with E-state index in [1.54, 1.807) is 11.8 Å². The second-order valence-electron chi connectivity index (χ2n) is 2.39. The van der Waals surface area contributed by atoms with E-state index in [0.717, 1.165) is 5.75 Å². The highest BCUT2D eigenvalue weighted by molar-refractivity contribution is 7.98. The zero-order valence-electron chi connectivity index (χ0n) is 7.36. The largest absolute Gasteiger partial charge is 0.479 e. The normalized spacial score (nSPS) is 12.2. The summed E-state index contributed by atoms with van der Waals surface area (Å²) in [5, 5.41) is 8.20. The SMILES string of the molecule is CSCC[C@H](N)C(=O)OCC(=O)O. The van der Waals surface area contributed by atoms with Crippen LogP contribution in [0.2, 0.25) is 0 Å². The molecular formula is C7H13NO4S. The van der Waals surface area contributed by atoms with Gasteiger partial charge in [0.1, 0.15) is 6.04 Å². The molecule has 6 heteroatoms. The topological polar surface area (TPSA) is 89.6 Å². The van der Waals surface area contributed by atoms with Crippen LogP contribution in [0.15, 0.2) is 0 Å². The van der Waals surface area contributed by atoms with Crippen LogP contribution in [0, 0.1) is 0 Å². The summed E-state index contributed by atoms with van der Waals surface area (Å²) in [7, 11) is 0. The fraction of sp³-hybridized carbons (Fsp3) is 0.714. The van der Waals surface area contributed by atoms with Gasteiger partial charge in [-0.2, -0.15) is 11.8 Å². The molecular weight excluding hydrogens is 194 g/mol. The van der Waals surface area contributed by atoms with Gasteiger partial charge in [0.2, 0.25) is 0 Å². The number of esters is 1. The summed E-state index contributed by atoms with van der Waals surface area (Å²) in [5.74, 6) is -1.08. The first-order valence-corrected chi connectivity index (χ1v) is 5.10. The number of nitrogens with two attached hydrogens (primary N) is 1. The molecule has 0 radical (unpaired) electrons. The molecule has 0 bridgehead atoms. The zero-order chi connectivity index (χ0) is 10.3. The Kier molecular flexibility index (Phi) is 6.34. The van der Waals surface area contributed by atoms with Gasteiger partial charge in [-0.05, 0) is 18.4 Å². The minimum atomic E-state index is -1.18. The van der Waals surface area contributed by atoms with Crippen molar-refractivity contribution in [1.82, 2.24) is 0 Å². The van der Waals surface area contributed by atoms with Crippen LogP contribution in [0.5, 0.6) is 0 Å². The number of carboxylic acid groups (broad SMARTS) is 1. The third-order valence-corrected chi connectivity index (χ3v) is 1.92. The molecule has 0 fully saturated rings. The Morgan fingerprint density at radius 2 is 2.23 bits per heavy atom. The van der Waals surface area contributed by atoms with Gasteiger partial charge >= 0.3 is 11.9 Å². The molecule has 1 atom stereocenters. The Hall–Kier alpha value is -0.750. The number of hydrogen-bond donors (Lipinski definition) is 2. The van der Waals surface area contributed by atoms with Crippen LogP contribution in [0.3, 0.4) is 0 Å². The Morgan fingerprint density at radius 1 is 1.62 bits per heavy atom. The summed E-state index contributed by atoms with van der Waals surface area (Å²) in [6.45, 7) is -0.619. The van der Waals surface area contributed by atoms with Crippen molar-refractivity contribution in [2.45, 2.75) is 12.5 Å². The molecule has 0 aromatic carbocycles. The summed E-state index contributed by atoms with van der Waals surface area (Å²) in [4.78, 5) is 21.0. The molecule has 13 heavy (non-hydrogen) atoms. The fourth-order valence-electron chi connectivity index (χ4n) is 0.603. The van der Waals surface area contributed by atoms with Crippen molar-refractivity contribution in [2.75, 3.05) is 18.6 Å². The molecule has 0 rings (SSSR count). The number of thioether (sulfide) groups is 1. The van der Waals surface area contributed by atoms with Crippen molar-refractivity contribution < 1.29 is 19.4 Å². The average molecular weight is 207 g/mol. The van der Waals surface area contributed by atoms with E-state index in [0.29, 0.717) is 6.42 Å². The van der Waals surface area contributed by atoms with E-state index < -0.39 is 24.6 Å². The monoisotopic (exact) mass is 207 g/mol. The minimum Gasteiger partial charge on any atom is -0.479 e. The number of ether oxygens (including phenoxy) is 1. The highest BCUT2D eigenvalue weighted by atomic mass is 32.2. The quantitative estimate of drug-likeness (QED) is 0.581. The number of carbonyl (C=O) groups is 2. The second-order valence-corrected chi connectivity index (χ2v) is 3.38. The van der Waals surface area contributed by atoms with Crippen molar-refractivity contribution in [2.24, 2.45) is 5.73 Å². The van der Waals surface area contributed by atoms with Crippen molar-refractivity contribution in [3.63, 3.8) is 0 Å². The molecule has 0 aliphatic rings. The highest BCUT2D eigenvalue weighted by Crippen LogP contribution is 1.99. The number of carbonyl (C=O) groups excluding carboxylic acids is 1. The van der Waals surface area contributed by atoms with Crippen molar-refractivity contribution in [3.8, 4) is 0 Å². The fourth-order valence-corrected chi connectivity index (χ4v) is 1.09. The third kappa shape index (κ3) is 6.41. The summed E-state index contributed by atoms with van der Waals surface area (Å²) in [6, 6.07) is -0.716. The van der Waals surface area contributed by atoms with Gasteiger partial charge in [0.25, 0.3) is 0 Å². The van der Waals surface area contributed by atoms with Gasteiger partial charge in [0.15, 0.2) is 6.61 Å². The van der Waals surface area contributed by atoms with Gasteiger partial charge in [-0.3, -0.25) is 4.79 Å². The van der Waals surface area contributed by atoms with Crippen molar-refractivity contribution in [3.05, 3.63) is 0 Å². The standard InChI is InChI=1S/C7H13NO4S/c1-13-3-2-5(8)7(11)12-4-6(9)10/h5H,2-4,8H2,1H3,(H,9,10)/t5-/m0/s1. The zero-order valence-corrected chi connectivity index (χ0v) is 8.17. The molecule has 5 nitrogen and oxygen atoms in total. The maximum absolute atomic E-state index is 10.9. The lowest BCUT2D eigenvalue weighted by molar-refractivity contribution is -0.156. The van der Waals surface area contributed by atoms with Gasteiger partial charge < -0.3 is 15.6 Å². The maximum atomic E-state index is 10.9. The van der Waals surface area contributed by atoms with Crippen LogP contribution in [0.25, 0.3) is 0 Å². The van der Waals surface area contributed by atoms with Crippen LogP contribution in [-0.2, 0) is 14.3 Å². The van der Waals surface area contributed by atoms with Gasteiger partial charge in [-0.1, -0.05) is 0 Å². The van der Waals surface area contributed by atoms with E-state index >= 15 is 0 Å². The van der Waals surface area contributed by atoms with Crippen LogP contribution in [0.1, 0.15) is 6.42 Å². The molecule has 0 aliphatic carbocycles. The predicted molar refractivity (Wildman–Crippen MR) is 49.6 cm³/mol. The molecule has 0 saturated carbocycles. The average Bonchev–Trinajstić information content (AvgIpc) is 2.10. The molecule has 0 aliphatic heterocycles. The van der Waals surface area contributed by atoms with Gasteiger partial charge in [-0.15, -0.1) is 0 Å². The Labute approximate surface area is 80.6 Å². The lowest BCUT2D eigenvalue weighted by Gasteiger charge is -2.08. The highest BCUT2D eigenvalue weighted by Gasteiger charge is 2.15. The first-order chi connectivity index (χ1) is 6.07. The Balaban J connectivity index is 3.63. The van der Waals surface area contributed by atoms with Crippen LogP contribution < -0.4 is 5.73 Å². The molecule has 0 aromatic heterocycles. The predicted octanol–water partition coefficient (Wildman–Crippen LogP) is -0.305. The van der Waals surface area contributed by atoms with Crippen LogP contribution in [0.4, 0.5) is 0 Å². The third-order valence-electron chi connectivity index (χ3n) is 1.27. The van der Waals surface area contributed by atoms with E-state index in [1.165, 1.54) is 0 Å². The first kappa shape index (κ1) is 12.2. The first-order valence-electron chi connectivity index (χ1n) is 3.71. The van der Waals surface area contributed by atoms with E-state index in [2.05, 4.69) is 4.74 Å². The molecule has 3 N–H and O–H groups in total. The lowest BCUT2D eigenvalue weighted by atomic mass is 10.2. The minimum absolute atomic E-state index is 0.500. The molecule has 0 saturated heterocycles. The number of hydrogen-bond acceptors (Lipinski definition) is 5. The molecule has 0 spiro atoms. The van der Waals surface area contributed by atoms with Gasteiger partial charge in [-0.25, -0.2) is 4.79 Å². The Morgan fingerprint density at radius 3 is 2.69 bits per heavy atom. The molecule has 76 valence electrons. The molecule has 0 unspecified atom stereocenters. The number of carboxylic acids is 1. The summed E-state index contributed by atoms with van der Waals surface area (Å²) >= 11 is 1.57. The van der Waals surface area contributed by atoms with Crippen LogP contribution in [-0.4, -0.2) is 41.7 Å². The van der Waals surface area contributed by atoms with E-state index in [9.17, 15) is 9.59 Å². The van der Waals surface area contributed by atoms with E-state index in [4.69, 9.17) is 10.8 Å². The second kappa shape index (κ2) is 6.73. The number of aliphatic carboxylic acids is 1. The smallest absolute Gasteiger partial charge is 0.341 e. The van der Waals surface area contributed by atoms with Crippen molar-refractivity contribution in [1.29, 1.82) is 0 Å².